The molecule has 2 bridgehead atoms. The van der Waals surface area contributed by atoms with Gasteiger partial charge in [-0.15, -0.1) is 0 Å². The molecular weight excluding hydrogens is 470 g/mol. The third kappa shape index (κ3) is 5.02. The van der Waals surface area contributed by atoms with Gasteiger partial charge in [0, 0.05) is 25.4 Å². The van der Waals surface area contributed by atoms with Gasteiger partial charge < -0.3 is 25.4 Å². The largest absolute Gasteiger partial charge is 0.396 e. The van der Waals surface area contributed by atoms with E-state index in [1.807, 2.05) is 37.3 Å². The number of unbranched alkanes of at least 4 members (excludes halogenated alkanes) is 5. The number of para-hydroxylation sites is 1. The lowest BCUT2D eigenvalue weighted by Crippen LogP contribution is -2.55. The molecule has 0 saturated carbocycles. The Morgan fingerprint density at radius 2 is 1.81 bits per heavy atom. The van der Waals surface area contributed by atoms with Crippen molar-refractivity contribution >= 4 is 23.4 Å². The van der Waals surface area contributed by atoms with Gasteiger partial charge in [-0.05, 0) is 50.7 Å². The molecular formula is C29H43N3O5. The summed E-state index contributed by atoms with van der Waals surface area (Å²) in [4.78, 5) is 43.1. The van der Waals surface area contributed by atoms with E-state index < -0.39 is 29.1 Å². The summed E-state index contributed by atoms with van der Waals surface area (Å²) < 4.78 is 6.74. The molecule has 6 atom stereocenters. The fourth-order valence-corrected chi connectivity index (χ4v) is 6.85. The van der Waals surface area contributed by atoms with E-state index in [1.165, 1.54) is 0 Å². The summed E-state index contributed by atoms with van der Waals surface area (Å²) >= 11 is 0. The minimum atomic E-state index is -1.01. The molecule has 3 aliphatic rings. The standard InChI is InChI=1S/C29H43N3O5/c1-4-5-11-16-30-26(35)24-29-19-20(2)28(3,37-29)22(25(34)31-21-14-9-8-10-15-21)23(29)27(36)32(24)17-12-6-7-13-18-33/h8-10,14-15,20,22-24,33H,4-7,11-13,16-19H2,1-3H3,(H,30,35)(H,31,34)/t20?,22-,23+,24?,28+,29?/m1/s1. The number of aliphatic hydroxyl groups excluding tert-OH is 1. The lowest BCUT2D eigenvalue weighted by Gasteiger charge is -2.36. The van der Waals surface area contributed by atoms with Gasteiger partial charge in [-0.2, -0.15) is 0 Å². The van der Waals surface area contributed by atoms with Crippen LogP contribution >= 0.6 is 0 Å². The molecule has 3 aliphatic heterocycles. The van der Waals surface area contributed by atoms with Gasteiger partial charge in [0.2, 0.25) is 17.7 Å². The van der Waals surface area contributed by atoms with Crippen molar-refractivity contribution in [1.29, 1.82) is 0 Å². The van der Waals surface area contributed by atoms with Crippen LogP contribution in [0.1, 0.15) is 72.1 Å². The first kappa shape index (κ1) is 27.6. The van der Waals surface area contributed by atoms with Crippen molar-refractivity contribution in [2.75, 3.05) is 25.0 Å². The molecule has 1 spiro atoms. The van der Waals surface area contributed by atoms with Gasteiger partial charge in [-0.1, -0.05) is 57.7 Å². The normalized spacial score (nSPS) is 32.0. The van der Waals surface area contributed by atoms with Crippen molar-refractivity contribution in [2.45, 2.75) is 89.4 Å². The van der Waals surface area contributed by atoms with Crippen LogP contribution in [0.3, 0.4) is 0 Å². The second-order valence-corrected chi connectivity index (χ2v) is 11.2. The van der Waals surface area contributed by atoms with E-state index in [-0.39, 0.29) is 30.2 Å². The summed E-state index contributed by atoms with van der Waals surface area (Å²) in [5, 5.41) is 15.2. The first-order chi connectivity index (χ1) is 17.8. The van der Waals surface area contributed by atoms with E-state index in [2.05, 4.69) is 24.5 Å². The number of benzene rings is 1. The van der Waals surface area contributed by atoms with E-state index in [1.54, 1.807) is 4.90 Å². The highest BCUT2D eigenvalue weighted by atomic mass is 16.5. The number of nitrogens with zero attached hydrogens (tertiary/aromatic N) is 1. The zero-order chi connectivity index (χ0) is 26.6. The predicted octanol–water partition coefficient (Wildman–Crippen LogP) is 3.49. The van der Waals surface area contributed by atoms with E-state index in [0.29, 0.717) is 25.2 Å². The molecule has 8 heteroatoms. The van der Waals surface area contributed by atoms with E-state index in [9.17, 15) is 14.4 Å². The lowest BCUT2D eigenvalue weighted by atomic mass is 9.62. The van der Waals surface area contributed by atoms with Crippen molar-refractivity contribution in [1.82, 2.24) is 10.2 Å². The third-order valence-electron chi connectivity index (χ3n) is 8.77. The first-order valence-corrected chi connectivity index (χ1v) is 14.0. The zero-order valence-corrected chi connectivity index (χ0v) is 22.5. The maximum absolute atomic E-state index is 14.0. The molecule has 3 fully saturated rings. The zero-order valence-electron chi connectivity index (χ0n) is 22.5. The second kappa shape index (κ2) is 11.5. The number of carbonyl (C=O) groups is 3. The minimum Gasteiger partial charge on any atom is -0.396 e. The molecule has 4 rings (SSSR count). The number of aliphatic hydroxyl groups is 1. The van der Waals surface area contributed by atoms with E-state index in [0.717, 1.165) is 44.9 Å². The van der Waals surface area contributed by atoms with Crippen molar-refractivity contribution in [2.24, 2.45) is 17.8 Å². The highest BCUT2D eigenvalue weighted by Gasteiger charge is 2.79. The Balaban J connectivity index is 1.62. The van der Waals surface area contributed by atoms with Gasteiger partial charge in [0.25, 0.3) is 0 Å². The van der Waals surface area contributed by atoms with Gasteiger partial charge in [0.05, 0.1) is 17.4 Å². The smallest absolute Gasteiger partial charge is 0.245 e. The molecule has 1 aromatic carbocycles. The summed E-state index contributed by atoms with van der Waals surface area (Å²) in [5.41, 5.74) is -1.16. The summed E-state index contributed by atoms with van der Waals surface area (Å²) in [6.45, 7) is 7.27. The van der Waals surface area contributed by atoms with E-state index in [4.69, 9.17) is 9.84 Å². The van der Waals surface area contributed by atoms with Crippen LogP contribution in [0.25, 0.3) is 0 Å². The van der Waals surface area contributed by atoms with Crippen LogP contribution < -0.4 is 10.6 Å². The summed E-state index contributed by atoms with van der Waals surface area (Å²) in [6, 6.07) is 8.51. The number of hydrogen-bond donors (Lipinski definition) is 3. The number of carbonyl (C=O) groups excluding carboxylic acids is 3. The molecule has 3 heterocycles. The number of nitrogens with one attached hydrogen (secondary N) is 2. The molecule has 0 radical (unpaired) electrons. The highest BCUT2D eigenvalue weighted by molar-refractivity contribution is 6.02. The number of rotatable bonds is 13. The van der Waals surface area contributed by atoms with E-state index >= 15 is 0 Å². The Morgan fingerprint density at radius 1 is 1.08 bits per heavy atom. The Hall–Kier alpha value is -2.45. The number of ether oxygens (including phenoxy) is 1. The number of likely N-dealkylation sites (tertiary alicyclic amines) is 1. The van der Waals surface area contributed by atoms with Crippen molar-refractivity contribution in [3.63, 3.8) is 0 Å². The van der Waals surface area contributed by atoms with Gasteiger partial charge in [0.15, 0.2) is 0 Å². The fraction of sp³-hybridized carbons (Fsp3) is 0.690. The van der Waals surface area contributed by atoms with Crippen LogP contribution in [-0.2, 0) is 19.1 Å². The molecule has 0 aliphatic carbocycles. The maximum atomic E-state index is 14.0. The molecule has 8 nitrogen and oxygen atoms in total. The molecule has 1 aromatic rings. The van der Waals surface area contributed by atoms with Crippen molar-refractivity contribution < 1.29 is 24.2 Å². The Morgan fingerprint density at radius 3 is 2.51 bits per heavy atom. The maximum Gasteiger partial charge on any atom is 0.245 e. The Bertz CT molecular complexity index is 972. The SMILES string of the molecule is CCCCCNC(=O)C1N(CCCCCCO)C(=O)[C@@H]2[C@H](C(=O)Nc3ccccc3)[C@@]3(C)OC12CC3C. The topological polar surface area (TPSA) is 108 Å². The van der Waals surface area contributed by atoms with Crippen LogP contribution in [0.15, 0.2) is 30.3 Å². The molecule has 3 amide bonds. The minimum absolute atomic E-state index is 0.0166. The van der Waals surface area contributed by atoms with Crippen LogP contribution in [0.4, 0.5) is 5.69 Å². The Kier molecular flexibility index (Phi) is 8.59. The lowest BCUT2D eigenvalue weighted by molar-refractivity contribution is -0.146. The average Bonchev–Trinajstić information content (AvgIpc) is 3.39. The highest BCUT2D eigenvalue weighted by Crippen LogP contribution is 2.65. The second-order valence-electron chi connectivity index (χ2n) is 11.2. The van der Waals surface area contributed by atoms with Crippen LogP contribution in [0, 0.1) is 17.8 Å². The van der Waals surface area contributed by atoms with Crippen molar-refractivity contribution in [3.8, 4) is 0 Å². The first-order valence-electron chi connectivity index (χ1n) is 14.0. The molecule has 3 saturated heterocycles. The quantitative estimate of drug-likeness (QED) is 0.350. The van der Waals surface area contributed by atoms with Crippen LogP contribution in [0.2, 0.25) is 0 Å². The summed E-state index contributed by atoms with van der Waals surface area (Å²) in [6.07, 6.45) is 6.74. The van der Waals surface area contributed by atoms with Crippen molar-refractivity contribution in [3.05, 3.63) is 30.3 Å². The van der Waals surface area contributed by atoms with Gasteiger partial charge in [0.1, 0.15) is 11.6 Å². The Labute approximate surface area is 220 Å². The summed E-state index contributed by atoms with van der Waals surface area (Å²) in [7, 11) is 0. The number of hydrogen-bond acceptors (Lipinski definition) is 5. The average molecular weight is 514 g/mol. The summed E-state index contributed by atoms with van der Waals surface area (Å²) in [5.74, 6) is -1.92. The number of anilines is 1. The fourth-order valence-electron chi connectivity index (χ4n) is 6.85. The molecule has 3 N–H and O–H groups in total. The number of amides is 3. The van der Waals surface area contributed by atoms with Gasteiger partial charge in [-0.3, -0.25) is 14.4 Å². The van der Waals surface area contributed by atoms with Crippen LogP contribution in [0.5, 0.6) is 0 Å². The predicted molar refractivity (Wildman–Crippen MR) is 142 cm³/mol. The van der Waals surface area contributed by atoms with Crippen LogP contribution in [-0.4, -0.2) is 64.7 Å². The van der Waals surface area contributed by atoms with Gasteiger partial charge >= 0.3 is 0 Å². The van der Waals surface area contributed by atoms with Gasteiger partial charge in [-0.25, -0.2) is 0 Å². The molecule has 3 unspecified atom stereocenters. The molecule has 37 heavy (non-hydrogen) atoms. The monoisotopic (exact) mass is 513 g/mol. The molecule has 204 valence electrons. The molecule has 0 aromatic heterocycles. The number of fused-ring (bicyclic) bond motifs is 1. The third-order valence-corrected chi connectivity index (χ3v) is 8.77.